The van der Waals surface area contributed by atoms with Crippen molar-refractivity contribution < 1.29 is 4.79 Å². The summed E-state index contributed by atoms with van der Waals surface area (Å²) >= 11 is 0. The second kappa shape index (κ2) is 7.01. The van der Waals surface area contributed by atoms with Gasteiger partial charge in [-0.2, -0.15) is 0 Å². The van der Waals surface area contributed by atoms with Crippen LogP contribution in [0.5, 0.6) is 0 Å². The summed E-state index contributed by atoms with van der Waals surface area (Å²) in [6.07, 6.45) is 3.79. The van der Waals surface area contributed by atoms with Crippen LogP contribution in [-0.4, -0.2) is 42.0 Å². The zero-order valence-electron chi connectivity index (χ0n) is 14.0. The van der Waals surface area contributed by atoms with Crippen LogP contribution >= 0.6 is 0 Å². The number of nitrogens with zero attached hydrogens (tertiary/aromatic N) is 1. The molecule has 0 bridgehead atoms. The summed E-state index contributed by atoms with van der Waals surface area (Å²) < 4.78 is 0. The van der Waals surface area contributed by atoms with Gasteiger partial charge in [-0.05, 0) is 37.1 Å². The van der Waals surface area contributed by atoms with Gasteiger partial charge in [0.15, 0.2) is 0 Å². The lowest BCUT2D eigenvalue weighted by Crippen LogP contribution is -2.35. The Bertz CT molecular complexity index is 686. The van der Waals surface area contributed by atoms with E-state index in [2.05, 4.69) is 53.3 Å². The molecule has 0 unspecified atom stereocenters. The minimum Gasteiger partial charge on any atom is -0.360 e. The molecule has 1 heterocycles. The molecule has 0 saturated carbocycles. The molecule has 2 N–H and O–H groups in total. The van der Waals surface area contributed by atoms with Crippen molar-refractivity contribution in [3.8, 4) is 11.3 Å². The maximum absolute atomic E-state index is 12.5. The number of aryl methyl sites for hydroxylation is 1. The molecule has 0 spiro atoms. The lowest BCUT2D eigenvalue weighted by atomic mass is 9.88. The third-order valence-corrected chi connectivity index (χ3v) is 4.77. The van der Waals surface area contributed by atoms with Crippen LogP contribution in [0.15, 0.2) is 30.5 Å². The molecule has 1 aromatic carbocycles. The maximum Gasteiger partial charge on any atom is 0.253 e. The van der Waals surface area contributed by atoms with Gasteiger partial charge in [-0.1, -0.05) is 38.1 Å². The summed E-state index contributed by atoms with van der Waals surface area (Å²) in [5, 5.41) is 3.06. The topological polar surface area (TPSA) is 48.1 Å². The second-order valence-electron chi connectivity index (χ2n) is 6.00. The fourth-order valence-electron chi connectivity index (χ4n) is 3.36. The Hall–Kier alpha value is -2.07. The van der Waals surface area contributed by atoms with Crippen LogP contribution in [0.2, 0.25) is 0 Å². The van der Waals surface area contributed by atoms with Gasteiger partial charge in [-0.15, -0.1) is 0 Å². The van der Waals surface area contributed by atoms with Gasteiger partial charge < -0.3 is 15.2 Å². The first-order valence-corrected chi connectivity index (χ1v) is 8.53. The molecule has 0 saturated heterocycles. The highest BCUT2D eigenvalue weighted by molar-refractivity contribution is 5.98. The van der Waals surface area contributed by atoms with Crippen LogP contribution in [0, 0.1) is 0 Å². The van der Waals surface area contributed by atoms with Crippen LogP contribution in [0.4, 0.5) is 0 Å². The number of H-pyrrole nitrogens is 1. The fraction of sp³-hybridized carbons (Fsp3) is 0.421. The Morgan fingerprint density at radius 2 is 2.00 bits per heavy atom. The van der Waals surface area contributed by atoms with Gasteiger partial charge in [-0.25, -0.2) is 0 Å². The van der Waals surface area contributed by atoms with Crippen molar-refractivity contribution in [3.63, 3.8) is 0 Å². The molecular formula is C19H25N3O. The Labute approximate surface area is 137 Å². The fourth-order valence-corrected chi connectivity index (χ4v) is 3.36. The Morgan fingerprint density at radius 1 is 1.22 bits per heavy atom. The Kier molecular flexibility index (Phi) is 4.82. The minimum absolute atomic E-state index is 0.0361. The van der Waals surface area contributed by atoms with Crippen molar-refractivity contribution in [3.05, 3.63) is 47.2 Å². The van der Waals surface area contributed by atoms with Crippen molar-refractivity contribution in [1.29, 1.82) is 0 Å². The monoisotopic (exact) mass is 311 g/mol. The van der Waals surface area contributed by atoms with Crippen molar-refractivity contribution >= 4 is 5.91 Å². The van der Waals surface area contributed by atoms with Crippen LogP contribution in [-0.2, 0) is 12.8 Å². The molecule has 4 heteroatoms. The van der Waals surface area contributed by atoms with E-state index in [1.165, 1.54) is 11.1 Å². The van der Waals surface area contributed by atoms with Gasteiger partial charge in [-0.3, -0.25) is 4.79 Å². The van der Waals surface area contributed by atoms with Crippen LogP contribution in [0.3, 0.4) is 0 Å². The second-order valence-corrected chi connectivity index (χ2v) is 6.00. The van der Waals surface area contributed by atoms with Crippen molar-refractivity contribution in [2.75, 3.05) is 26.2 Å². The van der Waals surface area contributed by atoms with Crippen LogP contribution in [0.25, 0.3) is 11.3 Å². The van der Waals surface area contributed by atoms with E-state index < -0.39 is 0 Å². The number of hydrogen-bond acceptors (Lipinski definition) is 2. The zero-order valence-corrected chi connectivity index (χ0v) is 14.0. The number of amides is 1. The number of aromatic nitrogens is 1. The van der Waals surface area contributed by atoms with E-state index in [9.17, 15) is 4.79 Å². The number of hydrogen-bond donors (Lipinski definition) is 2. The van der Waals surface area contributed by atoms with Gasteiger partial charge >= 0.3 is 0 Å². The van der Waals surface area contributed by atoms with Crippen molar-refractivity contribution in [1.82, 2.24) is 15.2 Å². The SMILES string of the molecule is CCN(CC)CCNC(=O)c1c[nH]c2c1CCc1ccccc1-2. The highest BCUT2D eigenvalue weighted by Gasteiger charge is 2.23. The van der Waals surface area contributed by atoms with Gasteiger partial charge in [0.2, 0.25) is 0 Å². The molecule has 0 fully saturated rings. The van der Waals surface area contributed by atoms with Gasteiger partial charge in [0, 0.05) is 30.5 Å². The van der Waals surface area contributed by atoms with Crippen LogP contribution < -0.4 is 5.32 Å². The predicted octanol–water partition coefficient (Wildman–Crippen LogP) is 2.85. The highest BCUT2D eigenvalue weighted by atomic mass is 16.1. The normalized spacial score (nSPS) is 12.8. The number of likely N-dealkylation sites (N-methyl/N-ethyl adjacent to an activating group) is 1. The summed E-state index contributed by atoms with van der Waals surface area (Å²) in [5.41, 5.74) is 5.66. The van der Waals surface area contributed by atoms with Crippen molar-refractivity contribution in [2.45, 2.75) is 26.7 Å². The van der Waals surface area contributed by atoms with E-state index in [0.717, 1.165) is 49.3 Å². The van der Waals surface area contributed by atoms with E-state index in [0.29, 0.717) is 6.54 Å². The zero-order chi connectivity index (χ0) is 16.2. The smallest absolute Gasteiger partial charge is 0.253 e. The first-order valence-electron chi connectivity index (χ1n) is 8.53. The predicted molar refractivity (Wildman–Crippen MR) is 93.8 cm³/mol. The number of rotatable bonds is 6. The summed E-state index contributed by atoms with van der Waals surface area (Å²) in [5.74, 6) is 0.0361. The summed E-state index contributed by atoms with van der Waals surface area (Å²) in [6.45, 7) is 7.91. The maximum atomic E-state index is 12.5. The summed E-state index contributed by atoms with van der Waals surface area (Å²) in [7, 11) is 0. The molecule has 1 amide bonds. The third-order valence-electron chi connectivity index (χ3n) is 4.77. The molecule has 4 nitrogen and oxygen atoms in total. The van der Waals surface area contributed by atoms with E-state index in [-0.39, 0.29) is 5.91 Å². The van der Waals surface area contributed by atoms with Gasteiger partial charge in [0.05, 0.1) is 5.56 Å². The van der Waals surface area contributed by atoms with Crippen molar-refractivity contribution in [2.24, 2.45) is 0 Å². The Balaban J connectivity index is 1.71. The van der Waals surface area contributed by atoms with E-state index in [1.807, 2.05) is 6.20 Å². The number of nitrogens with one attached hydrogen (secondary N) is 2. The van der Waals surface area contributed by atoms with Gasteiger partial charge in [0.25, 0.3) is 5.91 Å². The quantitative estimate of drug-likeness (QED) is 0.862. The Morgan fingerprint density at radius 3 is 2.78 bits per heavy atom. The number of carbonyl (C=O) groups excluding carboxylic acids is 1. The molecule has 1 aromatic heterocycles. The first-order chi connectivity index (χ1) is 11.2. The lowest BCUT2D eigenvalue weighted by molar-refractivity contribution is 0.0948. The number of benzene rings is 1. The van der Waals surface area contributed by atoms with E-state index >= 15 is 0 Å². The number of aromatic amines is 1. The average Bonchev–Trinajstić information content (AvgIpc) is 3.03. The summed E-state index contributed by atoms with van der Waals surface area (Å²) in [6, 6.07) is 8.43. The molecule has 1 aliphatic rings. The molecule has 1 aliphatic carbocycles. The molecule has 122 valence electrons. The molecule has 0 atom stereocenters. The molecule has 0 aliphatic heterocycles. The molecule has 0 radical (unpaired) electrons. The van der Waals surface area contributed by atoms with E-state index in [1.54, 1.807) is 0 Å². The van der Waals surface area contributed by atoms with E-state index in [4.69, 9.17) is 0 Å². The molecule has 2 aromatic rings. The number of carbonyl (C=O) groups is 1. The average molecular weight is 311 g/mol. The van der Waals surface area contributed by atoms with Crippen LogP contribution in [0.1, 0.15) is 35.3 Å². The van der Waals surface area contributed by atoms with Gasteiger partial charge in [0.1, 0.15) is 0 Å². The third kappa shape index (κ3) is 3.17. The standard InChI is InChI=1S/C19H25N3O/c1-3-22(4-2)12-11-20-19(23)17-13-21-18-15-8-6-5-7-14(15)9-10-16(17)18/h5-8,13,21H,3-4,9-12H2,1-2H3,(H,20,23). The molecular weight excluding hydrogens is 286 g/mol. The molecule has 3 rings (SSSR count). The largest absolute Gasteiger partial charge is 0.360 e. The lowest BCUT2D eigenvalue weighted by Gasteiger charge is -2.19. The summed E-state index contributed by atoms with van der Waals surface area (Å²) in [4.78, 5) is 18.1. The molecule has 23 heavy (non-hydrogen) atoms. The first kappa shape index (κ1) is 15.8. The highest BCUT2D eigenvalue weighted by Crippen LogP contribution is 2.34. The number of fused-ring (bicyclic) bond motifs is 3. The minimum atomic E-state index is 0.0361.